The Labute approximate surface area is 146 Å². The molecule has 1 aromatic rings. The van der Waals surface area contributed by atoms with Gasteiger partial charge in [-0.1, -0.05) is 0 Å². The molecule has 134 valence electrons. The number of hydrogen-bond acceptors (Lipinski definition) is 4. The third-order valence-electron chi connectivity index (χ3n) is 5.82. The lowest BCUT2D eigenvalue weighted by molar-refractivity contribution is -0.139. The van der Waals surface area contributed by atoms with E-state index in [1.807, 2.05) is 4.90 Å². The molecule has 0 radical (unpaired) electrons. The standard InChI is InChI=1S/C18H24N4O3/c23-15-4-6-18(11-22(15)9-13-2-3-13)5-1-7-21(10-18)17(25)14-8-19-12-20-16(14)24/h8,12-13H,1-7,9-11H2,(H,19,20,24)/t18-/m0/s1. The highest BCUT2D eigenvalue weighted by molar-refractivity contribution is 5.93. The second-order valence-electron chi connectivity index (χ2n) is 7.84. The van der Waals surface area contributed by atoms with Gasteiger partial charge in [-0.25, -0.2) is 4.98 Å². The van der Waals surface area contributed by atoms with Crippen LogP contribution in [0, 0.1) is 11.3 Å². The highest BCUT2D eigenvalue weighted by atomic mass is 16.2. The lowest BCUT2D eigenvalue weighted by Gasteiger charge is -2.48. The van der Waals surface area contributed by atoms with Crippen molar-refractivity contribution in [1.29, 1.82) is 0 Å². The summed E-state index contributed by atoms with van der Waals surface area (Å²) in [6, 6.07) is 0. The van der Waals surface area contributed by atoms with Crippen LogP contribution in [0.5, 0.6) is 0 Å². The average Bonchev–Trinajstić information content (AvgIpc) is 3.42. The van der Waals surface area contributed by atoms with Crippen molar-refractivity contribution in [3.05, 3.63) is 28.4 Å². The van der Waals surface area contributed by atoms with E-state index in [0.29, 0.717) is 25.4 Å². The predicted octanol–water partition coefficient (Wildman–Crippen LogP) is 1.02. The first-order chi connectivity index (χ1) is 12.1. The minimum Gasteiger partial charge on any atom is -0.342 e. The normalized spacial score (nSPS) is 27.0. The van der Waals surface area contributed by atoms with Crippen LogP contribution in [0.4, 0.5) is 0 Å². The van der Waals surface area contributed by atoms with Crippen LogP contribution >= 0.6 is 0 Å². The molecule has 3 heterocycles. The molecule has 1 N–H and O–H groups in total. The topological polar surface area (TPSA) is 86.4 Å². The van der Waals surface area contributed by atoms with Crippen LogP contribution in [0.15, 0.2) is 17.3 Å². The van der Waals surface area contributed by atoms with E-state index in [-0.39, 0.29) is 22.8 Å². The van der Waals surface area contributed by atoms with Crippen molar-refractivity contribution in [3.8, 4) is 0 Å². The molecule has 3 fully saturated rings. The van der Waals surface area contributed by atoms with Gasteiger partial charge in [-0.3, -0.25) is 14.4 Å². The van der Waals surface area contributed by atoms with E-state index in [9.17, 15) is 14.4 Å². The molecule has 2 aliphatic heterocycles. The number of rotatable bonds is 3. The summed E-state index contributed by atoms with van der Waals surface area (Å²) in [5, 5.41) is 0. The van der Waals surface area contributed by atoms with Crippen molar-refractivity contribution >= 4 is 11.8 Å². The number of carbonyl (C=O) groups is 2. The molecule has 7 heteroatoms. The molecule has 0 bridgehead atoms. The van der Waals surface area contributed by atoms with E-state index in [4.69, 9.17) is 0 Å². The van der Waals surface area contributed by atoms with Crippen LogP contribution in [-0.4, -0.2) is 57.8 Å². The second kappa shape index (κ2) is 6.28. The van der Waals surface area contributed by atoms with Gasteiger partial charge in [0.1, 0.15) is 5.56 Å². The van der Waals surface area contributed by atoms with Gasteiger partial charge < -0.3 is 14.8 Å². The molecule has 25 heavy (non-hydrogen) atoms. The fraction of sp³-hybridized carbons (Fsp3) is 0.667. The number of aromatic amines is 1. The maximum absolute atomic E-state index is 12.8. The molecule has 1 saturated carbocycles. The molecule has 2 amide bonds. The Bertz CT molecular complexity index is 742. The number of likely N-dealkylation sites (tertiary alicyclic amines) is 2. The van der Waals surface area contributed by atoms with Gasteiger partial charge in [0.05, 0.1) is 6.33 Å². The zero-order valence-electron chi connectivity index (χ0n) is 14.4. The van der Waals surface area contributed by atoms with Gasteiger partial charge in [-0.15, -0.1) is 0 Å². The van der Waals surface area contributed by atoms with Crippen molar-refractivity contribution in [2.24, 2.45) is 11.3 Å². The highest BCUT2D eigenvalue weighted by Crippen LogP contribution is 2.40. The zero-order chi connectivity index (χ0) is 17.4. The van der Waals surface area contributed by atoms with Crippen LogP contribution in [0.1, 0.15) is 48.9 Å². The van der Waals surface area contributed by atoms with Crippen LogP contribution in [-0.2, 0) is 4.79 Å². The molecule has 1 aromatic heterocycles. The lowest BCUT2D eigenvalue weighted by Crippen LogP contribution is -2.55. The van der Waals surface area contributed by atoms with E-state index in [0.717, 1.165) is 32.4 Å². The second-order valence-corrected chi connectivity index (χ2v) is 7.84. The van der Waals surface area contributed by atoms with E-state index in [1.165, 1.54) is 25.4 Å². The molecule has 4 rings (SSSR count). The van der Waals surface area contributed by atoms with Crippen LogP contribution in [0.25, 0.3) is 0 Å². The highest BCUT2D eigenvalue weighted by Gasteiger charge is 2.44. The summed E-state index contributed by atoms with van der Waals surface area (Å²) in [7, 11) is 0. The molecule has 1 aliphatic carbocycles. The summed E-state index contributed by atoms with van der Waals surface area (Å²) in [6.07, 6.45) is 8.44. The molecule has 1 spiro atoms. The molecule has 2 saturated heterocycles. The number of H-pyrrole nitrogens is 1. The predicted molar refractivity (Wildman–Crippen MR) is 91.0 cm³/mol. The summed E-state index contributed by atoms with van der Waals surface area (Å²) >= 11 is 0. The third kappa shape index (κ3) is 3.32. The van der Waals surface area contributed by atoms with E-state index < -0.39 is 5.56 Å². The number of nitrogens with one attached hydrogen (secondary N) is 1. The lowest BCUT2D eigenvalue weighted by atomic mass is 9.73. The quantitative estimate of drug-likeness (QED) is 0.887. The summed E-state index contributed by atoms with van der Waals surface area (Å²) < 4.78 is 0. The Morgan fingerprint density at radius 3 is 2.88 bits per heavy atom. The first-order valence-corrected chi connectivity index (χ1v) is 9.16. The SMILES string of the molecule is O=C1CC[C@]2(CCCN(C(=O)c3cnc[nH]c3=O)C2)CN1CC1CC1. The van der Waals surface area contributed by atoms with Crippen molar-refractivity contribution in [2.75, 3.05) is 26.2 Å². The van der Waals surface area contributed by atoms with Crippen molar-refractivity contribution in [1.82, 2.24) is 19.8 Å². The molecular formula is C18H24N4O3. The summed E-state index contributed by atoms with van der Waals surface area (Å²) in [5.41, 5.74) is -0.318. The molecule has 0 unspecified atom stereocenters. The Morgan fingerprint density at radius 2 is 2.12 bits per heavy atom. The molecule has 7 nitrogen and oxygen atoms in total. The van der Waals surface area contributed by atoms with Crippen molar-refractivity contribution in [3.63, 3.8) is 0 Å². The third-order valence-corrected chi connectivity index (χ3v) is 5.82. The zero-order valence-corrected chi connectivity index (χ0v) is 14.4. The number of aromatic nitrogens is 2. The van der Waals surface area contributed by atoms with Crippen LogP contribution in [0.2, 0.25) is 0 Å². The Kier molecular flexibility index (Phi) is 4.09. The van der Waals surface area contributed by atoms with Gasteiger partial charge in [0, 0.05) is 44.2 Å². The van der Waals surface area contributed by atoms with Crippen LogP contribution in [0.3, 0.4) is 0 Å². The smallest absolute Gasteiger partial charge is 0.263 e. The number of nitrogens with zero attached hydrogens (tertiary/aromatic N) is 3. The van der Waals surface area contributed by atoms with Crippen molar-refractivity contribution in [2.45, 2.75) is 38.5 Å². The Hall–Kier alpha value is -2.18. The summed E-state index contributed by atoms with van der Waals surface area (Å²) in [4.78, 5) is 47.1. The van der Waals surface area contributed by atoms with E-state index in [2.05, 4.69) is 9.97 Å². The monoisotopic (exact) mass is 344 g/mol. The van der Waals surface area contributed by atoms with Gasteiger partial charge in [-0.2, -0.15) is 0 Å². The molecular weight excluding hydrogens is 320 g/mol. The fourth-order valence-electron chi connectivity index (χ4n) is 4.26. The minimum absolute atomic E-state index is 0.0221. The van der Waals surface area contributed by atoms with Gasteiger partial charge >= 0.3 is 0 Å². The van der Waals surface area contributed by atoms with Gasteiger partial charge in [0.2, 0.25) is 5.91 Å². The average molecular weight is 344 g/mol. The van der Waals surface area contributed by atoms with Gasteiger partial charge in [0.15, 0.2) is 0 Å². The van der Waals surface area contributed by atoms with Gasteiger partial charge in [0.25, 0.3) is 11.5 Å². The van der Waals surface area contributed by atoms with Crippen LogP contribution < -0.4 is 5.56 Å². The fourth-order valence-corrected chi connectivity index (χ4v) is 4.26. The number of piperidine rings is 2. The molecule has 3 aliphatic rings. The number of amides is 2. The summed E-state index contributed by atoms with van der Waals surface area (Å²) in [5.74, 6) is 0.679. The van der Waals surface area contributed by atoms with Gasteiger partial charge in [-0.05, 0) is 38.0 Å². The first kappa shape index (κ1) is 16.3. The maximum atomic E-state index is 12.8. The largest absolute Gasteiger partial charge is 0.342 e. The number of carbonyl (C=O) groups excluding carboxylic acids is 2. The molecule has 1 atom stereocenters. The Morgan fingerprint density at radius 1 is 1.28 bits per heavy atom. The maximum Gasteiger partial charge on any atom is 0.263 e. The first-order valence-electron chi connectivity index (χ1n) is 9.16. The Balaban J connectivity index is 1.50. The minimum atomic E-state index is -0.395. The summed E-state index contributed by atoms with van der Waals surface area (Å²) in [6.45, 7) is 2.90. The molecule has 0 aromatic carbocycles. The van der Waals surface area contributed by atoms with E-state index in [1.54, 1.807) is 4.90 Å². The van der Waals surface area contributed by atoms with Crippen molar-refractivity contribution < 1.29 is 9.59 Å². The number of hydrogen-bond donors (Lipinski definition) is 1. The van der Waals surface area contributed by atoms with E-state index >= 15 is 0 Å².